The number of nitrogens with zero attached hydrogens (tertiary/aromatic N) is 6. The van der Waals surface area contributed by atoms with Gasteiger partial charge in [-0.05, 0) is 36.8 Å². The van der Waals surface area contributed by atoms with Crippen LogP contribution in [0.3, 0.4) is 0 Å². The number of nitrogens with one attached hydrogen (secondary N) is 1. The molecule has 3 aromatic heterocycles. The molecule has 9 nitrogen and oxygen atoms in total. The number of ether oxygens (including phenoxy) is 1. The van der Waals surface area contributed by atoms with Crippen molar-refractivity contribution in [3.05, 3.63) is 60.6 Å². The Morgan fingerprint density at radius 3 is 2.71 bits per heavy atom. The molecular formula is C21H21N7O2S. The van der Waals surface area contributed by atoms with E-state index in [9.17, 15) is 4.79 Å². The van der Waals surface area contributed by atoms with Crippen LogP contribution >= 0.6 is 12.8 Å². The summed E-state index contributed by atoms with van der Waals surface area (Å²) >= 11 is 4.09. The van der Waals surface area contributed by atoms with Crippen LogP contribution in [-0.4, -0.2) is 48.7 Å². The second-order valence-corrected chi connectivity index (χ2v) is 7.20. The number of hydrogen-bond acceptors (Lipinski definition) is 7. The minimum absolute atomic E-state index is 0.360. The zero-order valence-corrected chi connectivity index (χ0v) is 18.0. The van der Waals surface area contributed by atoms with Gasteiger partial charge in [0.1, 0.15) is 17.1 Å². The maximum Gasteiger partial charge on any atom is 0.332 e. The smallest absolute Gasteiger partial charge is 0.332 e. The van der Waals surface area contributed by atoms with Crippen molar-refractivity contribution in [2.24, 2.45) is 0 Å². The Kier molecular flexibility index (Phi) is 5.99. The number of carbonyl (C=O) groups excluding carboxylic acids is 1. The maximum atomic E-state index is 12.0. The number of urea groups is 1. The normalized spacial score (nSPS) is 10.8. The zero-order chi connectivity index (χ0) is 21.8. The fourth-order valence-corrected chi connectivity index (χ4v) is 2.97. The van der Waals surface area contributed by atoms with Crippen molar-refractivity contribution >= 4 is 35.8 Å². The Bertz CT molecular complexity index is 1210. The lowest BCUT2D eigenvalue weighted by molar-refractivity contribution is 0.240. The maximum absolute atomic E-state index is 12.0. The van der Waals surface area contributed by atoms with Gasteiger partial charge in [0.2, 0.25) is 0 Å². The summed E-state index contributed by atoms with van der Waals surface area (Å²) < 4.78 is 8.28. The molecule has 0 saturated heterocycles. The number of methoxy groups -OCH3 is 1. The van der Waals surface area contributed by atoms with Crippen molar-refractivity contribution in [1.29, 1.82) is 0 Å². The van der Waals surface area contributed by atoms with Gasteiger partial charge in [0.05, 0.1) is 31.7 Å². The predicted octanol–water partition coefficient (Wildman–Crippen LogP) is 3.64. The van der Waals surface area contributed by atoms with Crippen LogP contribution < -0.4 is 10.1 Å². The van der Waals surface area contributed by atoms with Gasteiger partial charge in [-0.15, -0.1) is 0 Å². The number of pyridine rings is 1. The summed E-state index contributed by atoms with van der Waals surface area (Å²) in [5, 5.41) is 7.11. The zero-order valence-electron chi connectivity index (χ0n) is 17.1. The SMILES string of the molecule is CCN(S)C(=O)Nc1ccc2ncc(-c3cnn(Cc4ccc(OC)cc4)c3)nc2n1. The van der Waals surface area contributed by atoms with E-state index in [1.165, 1.54) is 4.31 Å². The van der Waals surface area contributed by atoms with Crippen LogP contribution in [0.15, 0.2) is 55.0 Å². The summed E-state index contributed by atoms with van der Waals surface area (Å²) in [4.78, 5) is 25.4. The predicted molar refractivity (Wildman–Crippen MR) is 121 cm³/mol. The Morgan fingerprint density at radius 1 is 1.16 bits per heavy atom. The van der Waals surface area contributed by atoms with Crippen LogP contribution in [0, 0.1) is 0 Å². The molecule has 0 aliphatic carbocycles. The molecule has 0 unspecified atom stereocenters. The molecule has 4 rings (SSSR count). The molecule has 1 N–H and O–H groups in total. The third-order valence-corrected chi connectivity index (χ3v) is 5.07. The van der Waals surface area contributed by atoms with Gasteiger partial charge < -0.3 is 4.74 Å². The third-order valence-electron chi connectivity index (χ3n) is 4.61. The largest absolute Gasteiger partial charge is 0.497 e. The summed E-state index contributed by atoms with van der Waals surface area (Å²) in [6, 6.07) is 10.9. The van der Waals surface area contributed by atoms with Crippen LogP contribution in [0.4, 0.5) is 10.6 Å². The molecule has 0 radical (unpaired) electrons. The Labute approximate surface area is 184 Å². The molecule has 1 aromatic carbocycles. The molecule has 31 heavy (non-hydrogen) atoms. The molecule has 158 valence electrons. The average molecular weight is 436 g/mol. The first-order valence-corrected chi connectivity index (χ1v) is 10.0. The lowest BCUT2D eigenvalue weighted by Crippen LogP contribution is -2.27. The van der Waals surface area contributed by atoms with Gasteiger partial charge in [0.25, 0.3) is 0 Å². The second kappa shape index (κ2) is 9.00. The van der Waals surface area contributed by atoms with Gasteiger partial charge in [-0.2, -0.15) is 5.10 Å². The van der Waals surface area contributed by atoms with Crippen LogP contribution in [0.2, 0.25) is 0 Å². The monoisotopic (exact) mass is 435 g/mol. The van der Waals surface area contributed by atoms with E-state index in [0.29, 0.717) is 35.8 Å². The van der Waals surface area contributed by atoms with Crippen molar-refractivity contribution in [3.63, 3.8) is 0 Å². The molecule has 0 spiro atoms. The first-order chi connectivity index (χ1) is 15.1. The lowest BCUT2D eigenvalue weighted by Gasteiger charge is -2.13. The molecule has 0 bridgehead atoms. The van der Waals surface area contributed by atoms with E-state index in [2.05, 4.69) is 38.2 Å². The number of anilines is 1. The number of aromatic nitrogens is 5. The molecule has 0 fully saturated rings. The number of benzene rings is 1. The Balaban J connectivity index is 1.54. The minimum Gasteiger partial charge on any atom is -0.497 e. The van der Waals surface area contributed by atoms with Gasteiger partial charge in [0.15, 0.2) is 5.65 Å². The van der Waals surface area contributed by atoms with Crippen LogP contribution in [0.1, 0.15) is 12.5 Å². The highest BCUT2D eigenvalue weighted by Crippen LogP contribution is 2.20. The van der Waals surface area contributed by atoms with E-state index in [1.54, 1.807) is 31.6 Å². The van der Waals surface area contributed by atoms with Gasteiger partial charge in [-0.1, -0.05) is 24.9 Å². The number of hydrogen-bond donors (Lipinski definition) is 2. The van der Waals surface area contributed by atoms with Gasteiger partial charge in [0, 0.05) is 18.3 Å². The second-order valence-electron chi connectivity index (χ2n) is 6.72. The first-order valence-electron chi connectivity index (χ1n) is 9.62. The van der Waals surface area contributed by atoms with E-state index in [1.807, 2.05) is 42.1 Å². The van der Waals surface area contributed by atoms with Crippen molar-refractivity contribution in [1.82, 2.24) is 29.0 Å². The van der Waals surface area contributed by atoms with Crippen molar-refractivity contribution in [3.8, 4) is 17.0 Å². The standard InChI is InChI=1S/C21H21N7O2S/c1-3-28(31)21(29)26-19-9-8-17-20(25-19)24-18(11-22-17)15-10-23-27(13-15)12-14-4-6-16(30-2)7-5-14/h4-11,13,31H,3,12H2,1-2H3,(H,24,25,26,29). The summed E-state index contributed by atoms with van der Waals surface area (Å²) in [6.45, 7) is 2.91. The fourth-order valence-electron chi connectivity index (χ4n) is 2.92. The molecule has 10 heteroatoms. The van der Waals surface area contributed by atoms with Crippen LogP contribution in [0.25, 0.3) is 22.4 Å². The van der Waals surface area contributed by atoms with Crippen LogP contribution in [0.5, 0.6) is 5.75 Å². The van der Waals surface area contributed by atoms with E-state index >= 15 is 0 Å². The Morgan fingerprint density at radius 2 is 1.97 bits per heavy atom. The molecule has 4 aromatic rings. The third kappa shape index (κ3) is 4.75. The van der Waals surface area contributed by atoms with E-state index < -0.39 is 0 Å². The lowest BCUT2D eigenvalue weighted by atomic mass is 10.2. The quantitative estimate of drug-likeness (QED) is 0.449. The molecule has 0 saturated carbocycles. The van der Waals surface area contributed by atoms with Crippen molar-refractivity contribution in [2.75, 3.05) is 19.0 Å². The highest BCUT2D eigenvalue weighted by molar-refractivity contribution is 7.78. The summed E-state index contributed by atoms with van der Waals surface area (Å²) in [6.07, 6.45) is 5.33. The number of rotatable bonds is 6. The van der Waals surface area contributed by atoms with Gasteiger partial charge in [-0.25, -0.2) is 14.8 Å². The van der Waals surface area contributed by atoms with Crippen molar-refractivity contribution in [2.45, 2.75) is 13.5 Å². The fraction of sp³-hybridized carbons (Fsp3) is 0.190. The Hall–Kier alpha value is -3.66. The van der Waals surface area contributed by atoms with Gasteiger partial charge in [-0.3, -0.25) is 19.3 Å². The van der Waals surface area contributed by atoms with E-state index in [-0.39, 0.29) is 6.03 Å². The van der Waals surface area contributed by atoms with E-state index in [4.69, 9.17) is 4.74 Å². The summed E-state index contributed by atoms with van der Waals surface area (Å²) in [5.74, 6) is 1.20. The molecule has 0 atom stereocenters. The number of amides is 2. The highest BCUT2D eigenvalue weighted by atomic mass is 32.1. The summed E-state index contributed by atoms with van der Waals surface area (Å²) in [5.41, 5.74) is 3.64. The number of thiol groups is 1. The van der Waals surface area contributed by atoms with Crippen LogP contribution in [-0.2, 0) is 6.54 Å². The number of carbonyl (C=O) groups is 1. The molecule has 0 aliphatic heterocycles. The molecular weight excluding hydrogens is 414 g/mol. The average Bonchev–Trinajstić information content (AvgIpc) is 3.27. The molecule has 3 heterocycles. The highest BCUT2D eigenvalue weighted by Gasteiger charge is 2.11. The topological polar surface area (TPSA) is 98.1 Å². The number of fused-ring (bicyclic) bond motifs is 1. The van der Waals surface area contributed by atoms with E-state index in [0.717, 1.165) is 16.9 Å². The minimum atomic E-state index is -0.360. The molecule has 2 amide bonds. The van der Waals surface area contributed by atoms with Crippen molar-refractivity contribution < 1.29 is 9.53 Å². The van der Waals surface area contributed by atoms with Gasteiger partial charge >= 0.3 is 6.03 Å². The summed E-state index contributed by atoms with van der Waals surface area (Å²) in [7, 11) is 1.64. The first kappa shape index (κ1) is 20.6. The molecule has 0 aliphatic rings.